The zero-order chi connectivity index (χ0) is 16.7. The van der Waals surface area contributed by atoms with Gasteiger partial charge in [-0.2, -0.15) is 0 Å². The van der Waals surface area contributed by atoms with E-state index in [1.807, 2.05) is 42.3 Å². The lowest BCUT2D eigenvalue weighted by molar-refractivity contribution is -0.123. The number of primary amides is 1. The molecule has 0 bridgehead atoms. The standard InChI is InChI=1S/C18H21FN2O2/c1-21(12-5-13-23-16-6-3-2-4-7-16)17(18(20)22)14-8-10-15(19)11-9-14/h2-4,6-11,17H,5,12-13H2,1H3,(H2,20,22)/t17-/m1/s1. The Balaban J connectivity index is 1.87. The Morgan fingerprint density at radius 2 is 1.83 bits per heavy atom. The molecule has 0 unspecified atom stereocenters. The van der Waals surface area contributed by atoms with Gasteiger partial charge in [0.2, 0.25) is 5.91 Å². The van der Waals surface area contributed by atoms with Gasteiger partial charge in [-0.3, -0.25) is 9.69 Å². The van der Waals surface area contributed by atoms with Gasteiger partial charge < -0.3 is 10.5 Å². The van der Waals surface area contributed by atoms with Crippen LogP contribution in [0, 0.1) is 5.82 Å². The molecule has 5 heteroatoms. The van der Waals surface area contributed by atoms with E-state index in [0.29, 0.717) is 18.7 Å². The van der Waals surface area contributed by atoms with E-state index in [4.69, 9.17) is 10.5 Å². The summed E-state index contributed by atoms with van der Waals surface area (Å²) < 4.78 is 18.6. The van der Waals surface area contributed by atoms with Crippen molar-refractivity contribution in [2.45, 2.75) is 12.5 Å². The fourth-order valence-corrected chi connectivity index (χ4v) is 2.43. The van der Waals surface area contributed by atoms with Crippen LogP contribution in [0.1, 0.15) is 18.0 Å². The Morgan fingerprint density at radius 3 is 2.43 bits per heavy atom. The van der Waals surface area contributed by atoms with Crippen molar-refractivity contribution in [2.24, 2.45) is 5.73 Å². The van der Waals surface area contributed by atoms with Crippen LogP contribution in [0.4, 0.5) is 4.39 Å². The topological polar surface area (TPSA) is 55.6 Å². The molecule has 0 saturated heterocycles. The van der Waals surface area contributed by atoms with Crippen LogP contribution >= 0.6 is 0 Å². The van der Waals surface area contributed by atoms with Crippen molar-refractivity contribution in [1.29, 1.82) is 0 Å². The quantitative estimate of drug-likeness (QED) is 0.762. The van der Waals surface area contributed by atoms with E-state index in [2.05, 4.69) is 0 Å². The van der Waals surface area contributed by atoms with Gasteiger partial charge in [-0.1, -0.05) is 30.3 Å². The lowest BCUT2D eigenvalue weighted by atomic mass is 10.0. The number of hydrogen-bond donors (Lipinski definition) is 1. The smallest absolute Gasteiger partial charge is 0.239 e. The summed E-state index contributed by atoms with van der Waals surface area (Å²) in [6.07, 6.45) is 0.746. The van der Waals surface area contributed by atoms with Crippen LogP contribution in [-0.4, -0.2) is 31.0 Å². The third kappa shape index (κ3) is 5.07. The molecule has 0 aromatic heterocycles. The SMILES string of the molecule is CN(CCCOc1ccccc1)[C@@H](C(N)=O)c1ccc(F)cc1. The average Bonchev–Trinajstić information content (AvgIpc) is 2.54. The maximum absolute atomic E-state index is 13.0. The van der Waals surface area contributed by atoms with Gasteiger partial charge in [0, 0.05) is 6.54 Å². The van der Waals surface area contributed by atoms with Crippen LogP contribution in [0.15, 0.2) is 54.6 Å². The number of halogens is 1. The fraction of sp³-hybridized carbons (Fsp3) is 0.278. The molecule has 1 amide bonds. The van der Waals surface area contributed by atoms with Crippen LogP contribution in [-0.2, 0) is 4.79 Å². The number of para-hydroxylation sites is 1. The largest absolute Gasteiger partial charge is 0.494 e. The highest BCUT2D eigenvalue weighted by atomic mass is 19.1. The van der Waals surface area contributed by atoms with Crippen LogP contribution in [0.5, 0.6) is 5.75 Å². The summed E-state index contributed by atoms with van der Waals surface area (Å²) >= 11 is 0. The molecule has 0 fully saturated rings. The number of rotatable bonds is 8. The Bertz CT molecular complexity index is 617. The van der Waals surface area contributed by atoms with Gasteiger partial charge in [-0.05, 0) is 43.3 Å². The molecule has 0 aliphatic carbocycles. The van der Waals surface area contributed by atoms with Crippen LogP contribution in [0.2, 0.25) is 0 Å². The number of amides is 1. The van der Waals surface area contributed by atoms with E-state index in [0.717, 1.165) is 12.2 Å². The van der Waals surface area contributed by atoms with E-state index >= 15 is 0 Å². The van der Waals surface area contributed by atoms with Crippen LogP contribution < -0.4 is 10.5 Å². The molecule has 0 heterocycles. The van der Waals surface area contributed by atoms with Crippen molar-refractivity contribution >= 4 is 5.91 Å². The number of ether oxygens (including phenoxy) is 1. The van der Waals surface area contributed by atoms with Crippen molar-refractivity contribution in [3.05, 3.63) is 66.0 Å². The maximum Gasteiger partial charge on any atom is 0.239 e. The molecule has 0 radical (unpaired) electrons. The monoisotopic (exact) mass is 316 g/mol. The van der Waals surface area contributed by atoms with Crippen molar-refractivity contribution in [3.8, 4) is 5.75 Å². The maximum atomic E-state index is 13.0. The normalized spacial score (nSPS) is 12.1. The molecule has 0 aliphatic heterocycles. The molecule has 122 valence electrons. The minimum absolute atomic E-state index is 0.337. The van der Waals surface area contributed by atoms with Gasteiger partial charge in [0.25, 0.3) is 0 Å². The Morgan fingerprint density at radius 1 is 1.17 bits per heavy atom. The Labute approximate surface area is 135 Å². The fourth-order valence-electron chi connectivity index (χ4n) is 2.43. The number of nitrogens with two attached hydrogens (primary N) is 1. The zero-order valence-electron chi connectivity index (χ0n) is 13.1. The molecule has 1 atom stereocenters. The number of nitrogens with zero attached hydrogens (tertiary/aromatic N) is 1. The summed E-state index contributed by atoms with van der Waals surface area (Å²) in [6, 6.07) is 14.8. The summed E-state index contributed by atoms with van der Waals surface area (Å²) in [4.78, 5) is 13.6. The third-order valence-electron chi connectivity index (χ3n) is 3.56. The minimum Gasteiger partial charge on any atom is -0.494 e. The van der Waals surface area contributed by atoms with Gasteiger partial charge in [0.05, 0.1) is 6.61 Å². The highest BCUT2D eigenvalue weighted by Crippen LogP contribution is 2.19. The lowest BCUT2D eigenvalue weighted by Gasteiger charge is -2.25. The number of likely N-dealkylation sites (N-methyl/N-ethyl adjacent to an activating group) is 1. The van der Waals surface area contributed by atoms with Gasteiger partial charge >= 0.3 is 0 Å². The van der Waals surface area contributed by atoms with E-state index < -0.39 is 11.9 Å². The summed E-state index contributed by atoms with van der Waals surface area (Å²) in [7, 11) is 1.82. The first-order chi connectivity index (χ1) is 11.1. The summed E-state index contributed by atoms with van der Waals surface area (Å²) in [6.45, 7) is 1.18. The molecule has 2 rings (SSSR count). The highest BCUT2D eigenvalue weighted by Gasteiger charge is 2.22. The van der Waals surface area contributed by atoms with E-state index in [9.17, 15) is 9.18 Å². The van der Waals surface area contributed by atoms with Crippen LogP contribution in [0.25, 0.3) is 0 Å². The molecule has 0 saturated carbocycles. The van der Waals surface area contributed by atoms with Gasteiger partial charge in [0.15, 0.2) is 0 Å². The van der Waals surface area contributed by atoms with E-state index in [1.165, 1.54) is 12.1 Å². The van der Waals surface area contributed by atoms with E-state index in [1.54, 1.807) is 12.1 Å². The molecule has 0 aliphatic rings. The molecule has 0 spiro atoms. The first-order valence-electron chi connectivity index (χ1n) is 7.51. The number of carbonyl (C=O) groups excluding carboxylic acids is 1. The lowest BCUT2D eigenvalue weighted by Crippen LogP contribution is -2.36. The summed E-state index contributed by atoms with van der Waals surface area (Å²) in [5, 5.41) is 0. The van der Waals surface area contributed by atoms with Crippen molar-refractivity contribution < 1.29 is 13.9 Å². The predicted octanol–water partition coefficient (Wildman–Crippen LogP) is 2.75. The van der Waals surface area contributed by atoms with Crippen LogP contribution in [0.3, 0.4) is 0 Å². The second kappa shape index (κ2) is 8.29. The molecular weight excluding hydrogens is 295 g/mol. The van der Waals surface area contributed by atoms with Crippen molar-refractivity contribution in [1.82, 2.24) is 4.90 Å². The molecule has 2 aromatic rings. The first kappa shape index (κ1) is 17.0. The van der Waals surface area contributed by atoms with Gasteiger partial charge in [-0.15, -0.1) is 0 Å². The van der Waals surface area contributed by atoms with Gasteiger partial charge in [0.1, 0.15) is 17.6 Å². The molecular formula is C18H21FN2O2. The van der Waals surface area contributed by atoms with Crippen molar-refractivity contribution in [2.75, 3.05) is 20.2 Å². The Kier molecular flexibility index (Phi) is 6.11. The first-order valence-corrected chi connectivity index (χ1v) is 7.51. The van der Waals surface area contributed by atoms with Gasteiger partial charge in [-0.25, -0.2) is 4.39 Å². The zero-order valence-corrected chi connectivity index (χ0v) is 13.1. The number of benzene rings is 2. The Hall–Kier alpha value is -2.40. The second-order valence-corrected chi connectivity index (χ2v) is 5.35. The highest BCUT2D eigenvalue weighted by molar-refractivity contribution is 5.81. The third-order valence-corrected chi connectivity index (χ3v) is 3.56. The van der Waals surface area contributed by atoms with E-state index in [-0.39, 0.29) is 5.82 Å². The predicted molar refractivity (Wildman–Crippen MR) is 87.5 cm³/mol. The molecule has 2 aromatic carbocycles. The average molecular weight is 316 g/mol. The molecule has 23 heavy (non-hydrogen) atoms. The van der Waals surface area contributed by atoms with Crippen molar-refractivity contribution in [3.63, 3.8) is 0 Å². The molecule has 2 N–H and O–H groups in total. The minimum atomic E-state index is -0.577. The summed E-state index contributed by atoms with van der Waals surface area (Å²) in [5.41, 5.74) is 6.18. The summed E-state index contributed by atoms with van der Waals surface area (Å²) in [5.74, 6) is 0.0270. The second-order valence-electron chi connectivity index (χ2n) is 5.35. The molecule has 4 nitrogen and oxygen atoms in total. The number of hydrogen-bond acceptors (Lipinski definition) is 3. The number of carbonyl (C=O) groups is 1.